The monoisotopic (exact) mass is 483 g/mol. The van der Waals surface area contributed by atoms with Crippen LogP contribution in [0.5, 0.6) is 0 Å². The van der Waals surface area contributed by atoms with Crippen LogP contribution >= 0.6 is 0 Å². The van der Waals surface area contributed by atoms with E-state index in [4.69, 9.17) is 0 Å². The van der Waals surface area contributed by atoms with Crippen molar-refractivity contribution in [1.29, 1.82) is 0 Å². The first-order valence-corrected chi connectivity index (χ1v) is 13.2. The van der Waals surface area contributed by atoms with Crippen LogP contribution in [-0.2, 0) is 6.42 Å². The molecule has 0 amide bonds. The van der Waals surface area contributed by atoms with Gasteiger partial charge in [0.1, 0.15) is 0 Å². The van der Waals surface area contributed by atoms with E-state index in [0.717, 1.165) is 19.4 Å². The van der Waals surface area contributed by atoms with Crippen LogP contribution in [0.25, 0.3) is 16.7 Å². The third-order valence-corrected chi connectivity index (χ3v) is 6.73. The van der Waals surface area contributed by atoms with Gasteiger partial charge in [-0.1, -0.05) is 134 Å². The third-order valence-electron chi connectivity index (χ3n) is 6.73. The van der Waals surface area contributed by atoms with Gasteiger partial charge in [-0.05, 0) is 66.2 Å². The Morgan fingerprint density at radius 3 is 2.14 bits per heavy atom. The van der Waals surface area contributed by atoms with E-state index in [1.54, 1.807) is 0 Å². The van der Waals surface area contributed by atoms with E-state index in [1.165, 1.54) is 39.1 Å². The molecule has 1 aliphatic carbocycles. The van der Waals surface area contributed by atoms with E-state index < -0.39 is 0 Å². The summed E-state index contributed by atoms with van der Waals surface area (Å²) in [6, 6.07) is 29.9. The molecule has 1 atom stereocenters. The number of benzene rings is 3. The Morgan fingerprint density at radius 1 is 0.784 bits per heavy atom. The van der Waals surface area contributed by atoms with Crippen molar-refractivity contribution in [2.24, 2.45) is 5.92 Å². The Bertz CT molecular complexity index is 1300. The molecule has 4 rings (SSSR count). The first-order valence-electron chi connectivity index (χ1n) is 13.2. The molecule has 0 aromatic heterocycles. The zero-order valence-corrected chi connectivity index (χ0v) is 22.0. The maximum absolute atomic E-state index is 3.55. The van der Waals surface area contributed by atoms with Crippen molar-refractivity contribution in [3.8, 4) is 11.1 Å². The highest BCUT2D eigenvalue weighted by atomic mass is 14.9. The third kappa shape index (κ3) is 7.69. The van der Waals surface area contributed by atoms with E-state index in [-0.39, 0.29) is 0 Å². The minimum Gasteiger partial charge on any atom is -0.382 e. The zero-order chi connectivity index (χ0) is 25.7. The fraction of sp³-hybridized carbons (Fsp3) is 0.167. The summed E-state index contributed by atoms with van der Waals surface area (Å²) in [7, 11) is 0. The van der Waals surface area contributed by atoms with Crippen LogP contribution in [0.4, 0.5) is 0 Å². The van der Waals surface area contributed by atoms with Gasteiger partial charge in [0.05, 0.1) is 0 Å². The standard InChI is InChI=1S/C36H37N/c1-3-30(18-11-15-29-13-7-5-8-14-29)34-24-26-36(27-25-34)37-28-12-19-31(4-2)33-20-22-35(23-21-33)32-16-9-6-10-17-32/h3-14,16-24,26-27,34,37H,15,25,28H2,1-2H3/b18-11-,19-12-,30-3+,31-4+. The van der Waals surface area contributed by atoms with Gasteiger partial charge in [0, 0.05) is 18.2 Å². The van der Waals surface area contributed by atoms with Gasteiger partial charge in [-0.2, -0.15) is 0 Å². The molecule has 0 bridgehead atoms. The lowest BCUT2D eigenvalue weighted by Gasteiger charge is -2.18. The first-order chi connectivity index (χ1) is 18.3. The number of hydrogen-bond donors (Lipinski definition) is 1. The molecule has 1 N–H and O–H groups in total. The van der Waals surface area contributed by atoms with Crippen molar-refractivity contribution in [2.75, 3.05) is 6.54 Å². The summed E-state index contributed by atoms with van der Waals surface area (Å²) >= 11 is 0. The van der Waals surface area contributed by atoms with Crippen LogP contribution in [0.3, 0.4) is 0 Å². The lowest BCUT2D eigenvalue weighted by atomic mass is 9.90. The Morgan fingerprint density at radius 2 is 1.49 bits per heavy atom. The number of rotatable bonds is 10. The van der Waals surface area contributed by atoms with Gasteiger partial charge < -0.3 is 5.32 Å². The van der Waals surface area contributed by atoms with E-state index in [0.29, 0.717) is 5.92 Å². The second-order valence-electron chi connectivity index (χ2n) is 9.21. The summed E-state index contributed by atoms with van der Waals surface area (Å²) in [6.07, 6.45) is 22.2. The van der Waals surface area contributed by atoms with Crippen LogP contribution < -0.4 is 5.32 Å². The quantitative estimate of drug-likeness (QED) is 0.284. The summed E-state index contributed by atoms with van der Waals surface area (Å²) in [5.74, 6) is 0.437. The van der Waals surface area contributed by atoms with E-state index in [1.807, 2.05) is 0 Å². The predicted octanol–water partition coefficient (Wildman–Crippen LogP) is 9.11. The number of hydrogen-bond acceptors (Lipinski definition) is 1. The molecule has 1 heteroatoms. The first kappa shape index (κ1) is 26.0. The maximum Gasteiger partial charge on any atom is 0.0333 e. The van der Waals surface area contributed by atoms with Crippen molar-refractivity contribution in [2.45, 2.75) is 26.7 Å². The van der Waals surface area contributed by atoms with Crippen molar-refractivity contribution in [3.05, 3.63) is 162 Å². The Balaban J connectivity index is 1.25. The molecule has 0 saturated carbocycles. The molecule has 0 fully saturated rings. The Kier molecular flexibility index (Phi) is 9.72. The molecule has 37 heavy (non-hydrogen) atoms. The summed E-state index contributed by atoms with van der Waals surface area (Å²) < 4.78 is 0. The van der Waals surface area contributed by atoms with Gasteiger partial charge >= 0.3 is 0 Å². The van der Waals surface area contributed by atoms with Crippen LogP contribution in [0.2, 0.25) is 0 Å². The molecule has 3 aromatic rings. The van der Waals surface area contributed by atoms with Crippen molar-refractivity contribution in [3.63, 3.8) is 0 Å². The summed E-state index contributed by atoms with van der Waals surface area (Å²) in [6.45, 7) is 5.03. The van der Waals surface area contributed by atoms with Gasteiger partial charge in [0.25, 0.3) is 0 Å². The zero-order valence-electron chi connectivity index (χ0n) is 22.0. The van der Waals surface area contributed by atoms with E-state index >= 15 is 0 Å². The summed E-state index contributed by atoms with van der Waals surface area (Å²) in [5, 5.41) is 3.55. The van der Waals surface area contributed by atoms with Gasteiger partial charge in [-0.3, -0.25) is 0 Å². The Hall–Kier alpha value is -4.10. The minimum absolute atomic E-state index is 0.437. The van der Waals surface area contributed by atoms with Gasteiger partial charge in [-0.25, -0.2) is 0 Å². The summed E-state index contributed by atoms with van der Waals surface area (Å²) in [5.41, 5.74) is 8.87. The average molecular weight is 484 g/mol. The smallest absolute Gasteiger partial charge is 0.0333 e. The molecule has 1 aliphatic rings. The van der Waals surface area contributed by atoms with Crippen LogP contribution in [0, 0.1) is 5.92 Å². The number of nitrogens with one attached hydrogen (secondary N) is 1. The highest BCUT2D eigenvalue weighted by Gasteiger charge is 2.11. The predicted molar refractivity (Wildman–Crippen MR) is 161 cm³/mol. The molecule has 186 valence electrons. The second-order valence-corrected chi connectivity index (χ2v) is 9.21. The highest BCUT2D eigenvalue weighted by Crippen LogP contribution is 2.25. The molecular weight excluding hydrogens is 446 g/mol. The molecule has 1 nitrogen and oxygen atoms in total. The summed E-state index contributed by atoms with van der Waals surface area (Å²) in [4.78, 5) is 0. The van der Waals surface area contributed by atoms with Crippen LogP contribution in [-0.4, -0.2) is 6.54 Å². The molecule has 3 aromatic carbocycles. The van der Waals surface area contributed by atoms with Crippen LogP contribution in [0.1, 0.15) is 31.4 Å². The van der Waals surface area contributed by atoms with Crippen molar-refractivity contribution in [1.82, 2.24) is 5.32 Å². The molecule has 0 heterocycles. The molecule has 0 spiro atoms. The van der Waals surface area contributed by atoms with E-state index in [9.17, 15) is 0 Å². The van der Waals surface area contributed by atoms with E-state index in [2.05, 4.69) is 159 Å². The molecule has 0 aliphatic heterocycles. The van der Waals surface area contributed by atoms with Gasteiger partial charge in [0.15, 0.2) is 0 Å². The van der Waals surface area contributed by atoms with Crippen molar-refractivity contribution >= 4 is 5.57 Å². The topological polar surface area (TPSA) is 12.0 Å². The fourth-order valence-corrected chi connectivity index (χ4v) is 4.59. The minimum atomic E-state index is 0.437. The highest BCUT2D eigenvalue weighted by molar-refractivity contribution is 5.76. The SMILES string of the molecule is C/C=C(\C=C/Cc1ccccc1)C1C=CC(NC/C=C\C(=C/C)c2ccc(-c3ccccc3)cc2)=CC1. The molecule has 0 radical (unpaired) electrons. The molecule has 0 saturated heterocycles. The van der Waals surface area contributed by atoms with Crippen molar-refractivity contribution < 1.29 is 0 Å². The average Bonchev–Trinajstić information content (AvgIpc) is 2.97. The van der Waals surface area contributed by atoms with Gasteiger partial charge in [0.2, 0.25) is 0 Å². The largest absolute Gasteiger partial charge is 0.382 e. The fourth-order valence-electron chi connectivity index (χ4n) is 4.59. The lowest BCUT2D eigenvalue weighted by molar-refractivity contribution is 0.759. The normalized spacial score (nSPS) is 16.4. The van der Waals surface area contributed by atoms with Crippen LogP contribution in [0.15, 0.2) is 151 Å². The Labute approximate surface area is 223 Å². The lowest BCUT2D eigenvalue weighted by Crippen LogP contribution is -2.14. The maximum atomic E-state index is 3.55. The number of allylic oxidation sites excluding steroid dienone is 10. The second kappa shape index (κ2) is 13.8. The van der Waals surface area contributed by atoms with Gasteiger partial charge in [-0.15, -0.1) is 0 Å². The molecule has 1 unspecified atom stereocenters. The molecular formula is C36H37N.